The van der Waals surface area contributed by atoms with Gasteiger partial charge in [0.2, 0.25) is 0 Å². The van der Waals surface area contributed by atoms with E-state index in [0.717, 1.165) is 44.6 Å². The number of sulfone groups is 1. The van der Waals surface area contributed by atoms with Crippen LogP contribution in [0.4, 0.5) is 0 Å². The Morgan fingerprint density at radius 3 is 2.67 bits per heavy atom. The monoisotopic (exact) mass is 394 g/mol. The summed E-state index contributed by atoms with van der Waals surface area (Å²) in [5.41, 5.74) is 1.06. The van der Waals surface area contributed by atoms with Gasteiger partial charge in [0.1, 0.15) is 6.61 Å². The number of benzene rings is 1. The van der Waals surface area contributed by atoms with Crippen LogP contribution in [-0.4, -0.2) is 50.0 Å². The average Bonchev–Trinajstić information content (AvgIpc) is 2.66. The number of hydrogen-bond donors (Lipinski definition) is 0. The van der Waals surface area contributed by atoms with Crippen molar-refractivity contribution < 1.29 is 13.3 Å². The zero-order valence-corrected chi connectivity index (χ0v) is 18.0. The number of rotatable bonds is 9. The first kappa shape index (κ1) is 21.9. The highest BCUT2D eigenvalue weighted by atomic mass is 32.2. The van der Waals surface area contributed by atoms with E-state index in [0.29, 0.717) is 23.8 Å². The number of nitrogens with zero attached hydrogens (tertiary/aromatic N) is 2. The molecule has 1 fully saturated rings. The summed E-state index contributed by atoms with van der Waals surface area (Å²) in [6, 6.07) is 8.78. The molecule has 152 valence electrons. The van der Waals surface area contributed by atoms with Gasteiger partial charge in [0.05, 0.1) is 15.4 Å². The molecular formula is C21H34N2O3S. The molecule has 0 bridgehead atoms. The molecule has 6 heteroatoms. The third-order valence-corrected chi connectivity index (χ3v) is 8.02. The Morgan fingerprint density at radius 1 is 1.30 bits per heavy atom. The highest BCUT2D eigenvalue weighted by Gasteiger charge is 2.35. The van der Waals surface area contributed by atoms with E-state index in [1.807, 2.05) is 33.8 Å². The van der Waals surface area contributed by atoms with Gasteiger partial charge in [-0.2, -0.15) is 0 Å². The quantitative estimate of drug-likeness (QED) is 0.466. The summed E-state index contributed by atoms with van der Waals surface area (Å²) in [6.07, 6.45) is 3.81. The van der Waals surface area contributed by atoms with Gasteiger partial charge in [-0.1, -0.05) is 23.4 Å². The smallest absolute Gasteiger partial charge is 0.183 e. The molecular weight excluding hydrogens is 360 g/mol. The first-order valence-electron chi connectivity index (χ1n) is 9.96. The molecule has 1 atom stereocenters. The van der Waals surface area contributed by atoms with Crippen LogP contribution >= 0.6 is 0 Å². The number of oxime groups is 1. The Labute approximate surface area is 164 Å². The van der Waals surface area contributed by atoms with Gasteiger partial charge in [-0.15, -0.1) is 0 Å². The van der Waals surface area contributed by atoms with E-state index in [2.05, 4.69) is 10.1 Å². The first-order chi connectivity index (χ1) is 12.8. The molecule has 0 radical (unpaired) electrons. The largest absolute Gasteiger partial charge is 0.396 e. The summed E-state index contributed by atoms with van der Waals surface area (Å²) in [4.78, 5) is 8.04. The topological polar surface area (TPSA) is 59.0 Å². The van der Waals surface area contributed by atoms with Gasteiger partial charge in [-0.25, -0.2) is 8.42 Å². The van der Waals surface area contributed by atoms with Crippen molar-refractivity contribution in [2.45, 2.75) is 63.0 Å². The molecule has 1 unspecified atom stereocenters. The van der Waals surface area contributed by atoms with Gasteiger partial charge in [0.15, 0.2) is 9.84 Å². The lowest BCUT2D eigenvalue weighted by atomic mass is 9.93. The second kappa shape index (κ2) is 9.69. The van der Waals surface area contributed by atoms with Crippen LogP contribution < -0.4 is 0 Å². The van der Waals surface area contributed by atoms with Crippen LogP contribution in [0.2, 0.25) is 0 Å². The van der Waals surface area contributed by atoms with Crippen molar-refractivity contribution in [2.75, 3.05) is 26.2 Å². The molecule has 0 spiro atoms. The maximum atomic E-state index is 12.9. The van der Waals surface area contributed by atoms with E-state index >= 15 is 0 Å². The minimum atomic E-state index is -3.33. The van der Waals surface area contributed by atoms with Crippen molar-refractivity contribution in [1.29, 1.82) is 0 Å². The molecule has 0 amide bonds. The Balaban J connectivity index is 1.89. The van der Waals surface area contributed by atoms with Gasteiger partial charge in [-0.05, 0) is 78.6 Å². The fourth-order valence-electron chi connectivity index (χ4n) is 3.62. The van der Waals surface area contributed by atoms with Crippen LogP contribution in [0.15, 0.2) is 40.4 Å². The predicted octanol–water partition coefficient (Wildman–Crippen LogP) is 4.14. The molecule has 0 N–H and O–H groups in total. The average molecular weight is 395 g/mol. The summed E-state index contributed by atoms with van der Waals surface area (Å²) in [5, 5.41) is 4.20. The summed E-state index contributed by atoms with van der Waals surface area (Å²) >= 11 is 0. The van der Waals surface area contributed by atoms with Gasteiger partial charge in [0, 0.05) is 12.5 Å². The molecule has 0 saturated carbocycles. The van der Waals surface area contributed by atoms with Crippen LogP contribution in [-0.2, 0) is 14.7 Å². The number of likely N-dealkylation sites (tertiary alicyclic amines) is 1. The Kier molecular flexibility index (Phi) is 7.86. The lowest BCUT2D eigenvalue weighted by Gasteiger charge is -2.33. The van der Waals surface area contributed by atoms with E-state index in [1.165, 1.54) is 0 Å². The van der Waals surface area contributed by atoms with Crippen molar-refractivity contribution in [3.05, 3.63) is 30.3 Å². The molecule has 1 aromatic rings. The Morgan fingerprint density at radius 2 is 2.00 bits per heavy atom. The van der Waals surface area contributed by atoms with Crippen LogP contribution in [0.3, 0.4) is 0 Å². The van der Waals surface area contributed by atoms with Gasteiger partial charge < -0.3 is 9.74 Å². The third-order valence-electron chi connectivity index (χ3n) is 5.47. The van der Waals surface area contributed by atoms with Gasteiger partial charge >= 0.3 is 0 Å². The predicted molar refractivity (Wildman–Crippen MR) is 111 cm³/mol. The normalized spacial score (nSPS) is 19.9. The third kappa shape index (κ3) is 5.79. The maximum absolute atomic E-state index is 12.9. The summed E-state index contributed by atoms with van der Waals surface area (Å²) in [6.45, 7) is 11.2. The Hall–Kier alpha value is -1.40. The van der Waals surface area contributed by atoms with Crippen LogP contribution in [0.25, 0.3) is 0 Å². The molecule has 1 heterocycles. The summed E-state index contributed by atoms with van der Waals surface area (Å²) in [5.74, 6) is 0.436. The molecule has 2 rings (SSSR count). The minimum Gasteiger partial charge on any atom is -0.396 e. The summed E-state index contributed by atoms with van der Waals surface area (Å²) in [7, 11) is -3.33. The second-order valence-electron chi connectivity index (χ2n) is 7.97. The molecule has 1 saturated heterocycles. The van der Waals surface area contributed by atoms with Crippen molar-refractivity contribution in [1.82, 2.24) is 4.90 Å². The van der Waals surface area contributed by atoms with E-state index in [9.17, 15) is 8.42 Å². The van der Waals surface area contributed by atoms with Crippen molar-refractivity contribution >= 4 is 15.5 Å². The lowest BCUT2D eigenvalue weighted by molar-refractivity contribution is 0.151. The van der Waals surface area contributed by atoms with Gasteiger partial charge in [0.25, 0.3) is 0 Å². The highest BCUT2D eigenvalue weighted by Crippen LogP contribution is 2.30. The summed E-state index contributed by atoms with van der Waals surface area (Å²) < 4.78 is 25.1. The first-order valence-corrected chi connectivity index (χ1v) is 11.4. The van der Waals surface area contributed by atoms with E-state index < -0.39 is 14.6 Å². The van der Waals surface area contributed by atoms with Crippen LogP contribution in [0.1, 0.15) is 53.4 Å². The fourth-order valence-corrected chi connectivity index (χ4v) is 5.19. The van der Waals surface area contributed by atoms with E-state index in [-0.39, 0.29) is 0 Å². The SMILES string of the molecule is CCON=C(C)C1CCCN(CCCC(C)(C)S(=O)(=O)c2ccccc2)C1. The highest BCUT2D eigenvalue weighted by molar-refractivity contribution is 7.92. The van der Waals surface area contributed by atoms with E-state index in [1.54, 1.807) is 24.3 Å². The molecule has 27 heavy (non-hydrogen) atoms. The minimum absolute atomic E-state index is 0.413. The standard InChI is InChI=1S/C21H34N2O3S/c1-5-26-22-18(2)19-11-9-15-23(17-19)16-10-14-21(3,4)27(24,25)20-12-7-6-8-13-20/h6-8,12-13,19H,5,9-11,14-17H2,1-4H3. The molecule has 0 aliphatic carbocycles. The molecule has 0 aromatic heterocycles. The zero-order valence-electron chi connectivity index (χ0n) is 17.1. The maximum Gasteiger partial charge on any atom is 0.183 e. The van der Waals surface area contributed by atoms with Crippen molar-refractivity contribution in [3.63, 3.8) is 0 Å². The fraction of sp³-hybridized carbons (Fsp3) is 0.667. The van der Waals surface area contributed by atoms with E-state index in [4.69, 9.17) is 4.84 Å². The second-order valence-corrected chi connectivity index (χ2v) is 10.6. The lowest BCUT2D eigenvalue weighted by Crippen LogP contribution is -2.39. The van der Waals surface area contributed by atoms with Crippen LogP contribution in [0, 0.1) is 5.92 Å². The molecule has 1 aliphatic heterocycles. The zero-order chi connectivity index (χ0) is 19.9. The number of hydrogen-bond acceptors (Lipinski definition) is 5. The van der Waals surface area contributed by atoms with Gasteiger partial charge in [-0.3, -0.25) is 0 Å². The van der Waals surface area contributed by atoms with Crippen molar-refractivity contribution in [3.8, 4) is 0 Å². The number of piperidine rings is 1. The van der Waals surface area contributed by atoms with Crippen LogP contribution in [0.5, 0.6) is 0 Å². The molecule has 1 aliphatic rings. The van der Waals surface area contributed by atoms with Crippen molar-refractivity contribution in [2.24, 2.45) is 11.1 Å². The Bertz CT molecular complexity index is 714. The molecule has 1 aromatic carbocycles. The molecule has 5 nitrogen and oxygen atoms in total.